The topological polar surface area (TPSA) is 74.8 Å². The van der Waals surface area contributed by atoms with Gasteiger partial charge in [0.1, 0.15) is 4.90 Å². The van der Waals surface area contributed by atoms with Gasteiger partial charge < -0.3 is 0 Å². The van der Waals surface area contributed by atoms with Gasteiger partial charge in [-0.05, 0) is 40.2 Å². The Hall–Kier alpha value is -1.86. The maximum Gasteiger partial charge on any atom is 0.263 e. The Morgan fingerprint density at radius 2 is 1.90 bits per heavy atom. The number of sulfonamides is 1. The summed E-state index contributed by atoms with van der Waals surface area (Å²) in [6, 6.07) is 12.0. The highest BCUT2D eigenvalue weighted by Crippen LogP contribution is 2.27. The van der Waals surface area contributed by atoms with Crippen LogP contribution in [-0.2, 0) is 10.0 Å². The van der Waals surface area contributed by atoms with E-state index in [0.29, 0.717) is 10.2 Å². The van der Waals surface area contributed by atoms with Gasteiger partial charge in [-0.2, -0.15) is 5.10 Å². The van der Waals surface area contributed by atoms with Crippen LogP contribution >= 0.6 is 15.9 Å². The molecule has 0 aliphatic heterocycles. The molecular weight excluding hydrogens is 342 g/mol. The Morgan fingerprint density at radius 1 is 1.10 bits per heavy atom. The van der Waals surface area contributed by atoms with Gasteiger partial charge in [-0.15, -0.1) is 0 Å². The molecule has 0 aliphatic carbocycles. The zero-order valence-electron chi connectivity index (χ0n) is 10.2. The summed E-state index contributed by atoms with van der Waals surface area (Å²) in [7, 11) is -3.65. The number of nitrogens with one attached hydrogen (secondary N) is 2. The van der Waals surface area contributed by atoms with Gasteiger partial charge in [-0.25, -0.2) is 8.42 Å². The quantitative estimate of drug-likeness (QED) is 0.761. The van der Waals surface area contributed by atoms with Gasteiger partial charge in [0.15, 0.2) is 0 Å². The largest absolute Gasteiger partial charge is 0.279 e. The van der Waals surface area contributed by atoms with E-state index in [9.17, 15) is 8.42 Å². The third-order valence-electron chi connectivity index (χ3n) is 2.86. The SMILES string of the molecule is O=S(=O)(Nc1cccc2[nH]ncc12)c1ccccc1Br. The summed E-state index contributed by atoms with van der Waals surface area (Å²) in [6.45, 7) is 0. The molecule has 0 atom stereocenters. The molecule has 0 bridgehead atoms. The first-order valence-corrected chi connectivity index (χ1v) is 8.05. The molecule has 0 amide bonds. The molecular formula is C13H10BrN3O2S. The summed E-state index contributed by atoms with van der Waals surface area (Å²) in [5, 5.41) is 7.44. The van der Waals surface area contributed by atoms with Crippen LogP contribution in [0.5, 0.6) is 0 Å². The van der Waals surface area contributed by atoms with Crippen LogP contribution in [0.25, 0.3) is 10.9 Å². The zero-order chi connectivity index (χ0) is 14.2. The summed E-state index contributed by atoms with van der Waals surface area (Å²) in [5.41, 5.74) is 1.27. The van der Waals surface area contributed by atoms with Gasteiger partial charge in [0.05, 0.1) is 17.4 Å². The summed E-state index contributed by atoms with van der Waals surface area (Å²) in [6.07, 6.45) is 1.59. The molecule has 3 aromatic rings. The molecule has 1 heterocycles. The fourth-order valence-corrected chi connectivity index (χ4v) is 4.00. The van der Waals surface area contributed by atoms with Gasteiger partial charge in [0, 0.05) is 9.86 Å². The molecule has 1 aromatic heterocycles. The summed E-state index contributed by atoms with van der Waals surface area (Å²) in [4.78, 5) is 0.195. The van der Waals surface area contributed by atoms with Gasteiger partial charge >= 0.3 is 0 Å². The molecule has 0 unspecified atom stereocenters. The zero-order valence-corrected chi connectivity index (χ0v) is 12.6. The standard InChI is InChI=1S/C13H10BrN3O2S/c14-10-4-1-2-7-13(10)20(18,19)17-12-6-3-5-11-9(12)8-15-16-11/h1-8,17H,(H,15,16). The number of benzene rings is 2. The minimum atomic E-state index is -3.65. The van der Waals surface area contributed by atoms with E-state index in [2.05, 4.69) is 30.8 Å². The van der Waals surface area contributed by atoms with E-state index in [0.717, 1.165) is 10.9 Å². The molecule has 0 spiro atoms. The van der Waals surface area contributed by atoms with Gasteiger partial charge in [-0.1, -0.05) is 18.2 Å². The maximum absolute atomic E-state index is 12.4. The number of aromatic amines is 1. The highest BCUT2D eigenvalue weighted by molar-refractivity contribution is 9.10. The molecule has 0 radical (unpaired) electrons. The molecule has 102 valence electrons. The minimum absolute atomic E-state index is 0.195. The van der Waals surface area contributed by atoms with Crippen molar-refractivity contribution >= 4 is 42.5 Å². The molecule has 0 aliphatic rings. The second kappa shape index (κ2) is 4.92. The number of H-pyrrole nitrogens is 1. The lowest BCUT2D eigenvalue weighted by molar-refractivity contribution is 0.601. The van der Waals surface area contributed by atoms with Crippen molar-refractivity contribution in [2.45, 2.75) is 4.90 Å². The van der Waals surface area contributed by atoms with Crippen molar-refractivity contribution in [1.29, 1.82) is 0 Å². The van der Waals surface area contributed by atoms with Crippen LogP contribution < -0.4 is 4.72 Å². The van der Waals surface area contributed by atoms with E-state index in [1.54, 1.807) is 42.6 Å². The van der Waals surface area contributed by atoms with Crippen LogP contribution in [0.3, 0.4) is 0 Å². The van der Waals surface area contributed by atoms with Crippen molar-refractivity contribution in [3.8, 4) is 0 Å². The van der Waals surface area contributed by atoms with E-state index < -0.39 is 10.0 Å². The van der Waals surface area contributed by atoms with E-state index in [1.807, 2.05) is 6.07 Å². The molecule has 0 saturated carbocycles. The number of anilines is 1. The van der Waals surface area contributed by atoms with Crippen LogP contribution in [-0.4, -0.2) is 18.6 Å². The normalized spacial score (nSPS) is 11.7. The lowest BCUT2D eigenvalue weighted by Crippen LogP contribution is -2.13. The number of rotatable bonds is 3. The molecule has 0 saturated heterocycles. The van der Waals surface area contributed by atoms with Crippen LogP contribution in [0.15, 0.2) is 58.0 Å². The first kappa shape index (κ1) is 13.1. The molecule has 20 heavy (non-hydrogen) atoms. The number of halogens is 1. The minimum Gasteiger partial charge on any atom is -0.279 e. The van der Waals surface area contributed by atoms with Crippen LogP contribution in [0, 0.1) is 0 Å². The van der Waals surface area contributed by atoms with Crippen LogP contribution in [0.4, 0.5) is 5.69 Å². The highest BCUT2D eigenvalue weighted by atomic mass is 79.9. The third-order valence-corrected chi connectivity index (χ3v) is 5.23. The van der Waals surface area contributed by atoms with Crippen molar-refractivity contribution in [2.75, 3.05) is 4.72 Å². The van der Waals surface area contributed by atoms with Crippen molar-refractivity contribution < 1.29 is 8.42 Å². The molecule has 3 rings (SSSR count). The third kappa shape index (κ3) is 2.30. The Bertz CT molecular complexity index is 874. The second-order valence-corrected chi connectivity index (χ2v) is 6.68. The summed E-state index contributed by atoms with van der Waals surface area (Å²) < 4.78 is 27.9. The van der Waals surface area contributed by atoms with Gasteiger partial charge in [0.2, 0.25) is 0 Å². The lowest BCUT2D eigenvalue weighted by atomic mass is 10.2. The number of hydrogen-bond acceptors (Lipinski definition) is 3. The summed E-state index contributed by atoms with van der Waals surface area (Å²) in [5.74, 6) is 0. The van der Waals surface area contributed by atoms with E-state index in [-0.39, 0.29) is 4.90 Å². The predicted molar refractivity (Wildman–Crippen MR) is 81.0 cm³/mol. The lowest BCUT2D eigenvalue weighted by Gasteiger charge is -2.10. The van der Waals surface area contributed by atoms with Crippen molar-refractivity contribution in [3.63, 3.8) is 0 Å². The average Bonchev–Trinajstić information content (AvgIpc) is 2.88. The maximum atomic E-state index is 12.4. The Kier molecular flexibility index (Phi) is 3.23. The first-order chi connectivity index (χ1) is 9.58. The molecule has 5 nitrogen and oxygen atoms in total. The van der Waals surface area contributed by atoms with Crippen molar-refractivity contribution in [1.82, 2.24) is 10.2 Å². The smallest absolute Gasteiger partial charge is 0.263 e. The van der Waals surface area contributed by atoms with E-state index >= 15 is 0 Å². The monoisotopic (exact) mass is 351 g/mol. The Morgan fingerprint density at radius 3 is 2.70 bits per heavy atom. The Labute approximate surface area is 124 Å². The second-order valence-electron chi connectivity index (χ2n) is 4.17. The molecule has 2 aromatic carbocycles. The number of fused-ring (bicyclic) bond motifs is 1. The number of hydrogen-bond donors (Lipinski definition) is 2. The fraction of sp³-hybridized carbons (Fsp3) is 0. The highest BCUT2D eigenvalue weighted by Gasteiger charge is 2.18. The van der Waals surface area contributed by atoms with Gasteiger partial charge in [0.25, 0.3) is 10.0 Å². The van der Waals surface area contributed by atoms with Crippen molar-refractivity contribution in [2.24, 2.45) is 0 Å². The molecule has 0 fully saturated rings. The van der Waals surface area contributed by atoms with Crippen molar-refractivity contribution in [3.05, 3.63) is 53.1 Å². The van der Waals surface area contributed by atoms with Gasteiger partial charge in [-0.3, -0.25) is 9.82 Å². The van der Waals surface area contributed by atoms with E-state index in [4.69, 9.17) is 0 Å². The van der Waals surface area contributed by atoms with Crippen LogP contribution in [0.2, 0.25) is 0 Å². The molecule has 2 N–H and O–H groups in total. The predicted octanol–water partition coefficient (Wildman–Crippen LogP) is 3.13. The summed E-state index contributed by atoms with van der Waals surface area (Å²) >= 11 is 3.25. The number of aromatic nitrogens is 2. The van der Waals surface area contributed by atoms with E-state index in [1.165, 1.54) is 0 Å². The van der Waals surface area contributed by atoms with Crippen LogP contribution in [0.1, 0.15) is 0 Å². The Balaban J connectivity index is 2.06. The first-order valence-electron chi connectivity index (χ1n) is 5.77. The molecule has 7 heteroatoms. The number of nitrogens with zero attached hydrogens (tertiary/aromatic N) is 1. The average molecular weight is 352 g/mol. The fourth-order valence-electron chi connectivity index (χ4n) is 1.92.